The monoisotopic (exact) mass is 347 g/mol. The van der Waals surface area contributed by atoms with Gasteiger partial charge in [-0.3, -0.25) is 10.1 Å². The van der Waals surface area contributed by atoms with Crippen molar-refractivity contribution in [1.82, 2.24) is 0 Å². The Morgan fingerprint density at radius 3 is 2.42 bits per heavy atom. The molecule has 1 N–H and O–H groups in total. The summed E-state index contributed by atoms with van der Waals surface area (Å²) in [6, 6.07) is 11.4. The summed E-state index contributed by atoms with van der Waals surface area (Å²) in [5.41, 5.74) is 0.0274. The van der Waals surface area contributed by atoms with Gasteiger partial charge in [-0.05, 0) is 35.9 Å². The van der Waals surface area contributed by atoms with Crippen molar-refractivity contribution >= 4 is 27.6 Å². The molecule has 0 bridgehead atoms. The molecule has 0 aromatic heterocycles. The standard InChI is InChI=1S/C16H13NO6S/c18-16(19)9-7-12-6-8-15(17(20)21)13(10-12)11-24(22,23)14-4-2-1-3-5-14/h1-10H,11H2,(H,18,19). The van der Waals surface area contributed by atoms with Crippen molar-refractivity contribution in [2.45, 2.75) is 10.6 Å². The van der Waals surface area contributed by atoms with Gasteiger partial charge in [0.15, 0.2) is 9.84 Å². The second-order valence-corrected chi connectivity index (χ2v) is 6.88. The zero-order chi connectivity index (χ0) is 17.7. The zero-order valence-corrected chi connectivity index (χ0v) is 13.1. The largest absolute Gasteiger partial charge is 0.478 e. The highest BCUT2D eigenvalue weighted by Crippen LogP contribution is 2.25. The summed E-state index contributed by atoms with van der Waals surface area (Å²) in [6.45, 7) is 0. The topological polar surface area (TPSA) is 115 Å². The molecule has 0 heterocycles. The molecule has 0 saturated carbocycles. The van der Waals surface area contributed by atoms with Gasteiger partial charge < -0.3 is 5.11 Å². The lowest BCUT2D eigenvalue weighted by Gasteiger charge is -2.06. The average Bonchev–Trinajstić information content (AvgIpc) is 2.53. The van der Waals surface area contributed by atoms with E-state index in [1.54, 1.807) is 18.2 Å². The molecular formula is C16H13NO6S. The molecule has 2 aromatic carbocycles. The first-order chi connectivity index (χ1) is 11.3. The van der Waals surface area contributed by atoms with Gasteiger partial charge >= 0.3 is 5.97 Å². The van der Waals surface area contributed by atoms with Crippen molar-refractivity contribution in [3.05, 3.63) is 75.8 Å². The van der Waals surface area contributed by atoms with E-state index < -0.39 is 26.5 Å². The van der Waals surface area contributed by atoms with E-state index in [1.807, 2.05) is 0 Å². The molecule has 0 fully saturated rings. The highest BCUT2D eigenvalue weighted by atomic mass is 32.2. The van der Waals surface area contributed by atoms with Crippen LogP contribution in [0.5, 0.6) is 0 Å². The number of aliphatic carboxylic acids is 1. The van der Waals surface area contributed by atoms with Gasteiger partial charge in [0.05, 0.1) is 15.6 Å². The fourth-order valence-electron chi connectivity index (χ4n) is 2.09. The summed E-state index contributed by atoms with van der Waals surface area (Å²) in [7, 11) is -3.76. The highest BCUT2D eigenvalue weighted by molar-refractivity contribution is 7.90. The van der Waals surface area contributed by atoms with Crippen molar-refractivity contribution in [3.63, 3.8) is 0 Å². The summed E-state index contributed by atoms with van der Waals surface area (Å²) in [5.74, 6) is -1.73. The number of benzene rings is 2. The molecule has 0 unspecified atom stereocenters. The van der Waals surface area contributed by atoms with Crippen LogP contribution in [0.15, 0.2) is 59.5 Å². The fraction of sp³-hybridized carbons (Fsp3) is 0.0625. The van der Waals surface area contributed by atoms with Gasteiger partial charge in [0, 0.05) is 17.7 Å². The summed E-state index contributed by atoms with van der Waals surface area (Å²) in [4.78, 5) is 21.1. The lowest BCUT2D eigenvalue weighted by atomic mass is 10.1. The van der Waals surface area contributed by atoms with E-state index in [9.17, 15) is 23.3 Å². The Labute approximate surface area is 137 Å². The third-order valence-electron chi connectivity index (χ3n) is 3.17. The maximum Gasteiger partial charge on any atom is 0.328 e. The molecule has 0 radical (unpaired) electrons. The number of hydrogen-bond acceptors (Lipinski definition) is 5. The third kappa shape index (κ3) is 4.26. The molecule has 0 spiro atoms. The van der Waals surface area contributed by atoms with Crippen LogP contribution in [-0.2, 0) is 20.4 Å². The number of nitrogens with zero attached hydrogens (tertiary/aromatic N) is 1. The van der Waals surface area contributed by atoms with E-state index in [2.05, 4.69) is 0 Å². The second kappa shape index (κ2) is 7.05. The molecule has 0 atom stereocenters. The number of carboxylic acids is 1. The van der Waals surface area contributed by atoms with Crippen LogP contribution in [0.4, 0.5) is 5.69 Å². The van der Waals surface area contributed by atoms with Gasteiger partial charge in [0.25, 0.3) is 5.69 Å². The Hall–Kier alpha value is -3.00. The van der Waals surface area contributed by atoms with Gasteiger partial charge in [-0.1, -0.05) is 18.2 Å². The van der Waals surface area contributed by atoms with E-state index >= 15 is 0 Å². The normalized spacial score (nSPS) is 11.5. The fourth-order valence-corrected chi connectivity index (χ4v) is 3.47. The quantitative estimate of drug-likeness (QED) is 0.488. The first-order valence-electron chi connectivity index (χ1n) is 6.76. The number of nitro groups is 1. The van der Waals surface area contributed by atoms with Crippen LogP contribution in [0.2, 0.25) is 0 Å². The van der Waals surface area contributed by atoms with E-state index in [-0.39, 0.29) is 16.1 Å². The first-order valence-corrected chi connectivity index (χ1v) is 8.41. The lowest BCUT2D eigenvalue weighted by molar-refractivity contribution is -0.385. The number of nitro benzene ring substituents is 1. The van der Waals surface area contributed by atoms with Gasteiger partial charge in [-0.15, -0.1) is 0 Å². The summed E-state index contributed by atoms with van der Waals surface area (Å²) in [5, 5.41) is 19.8. The first kappa shape index (κ1) is 17.4. The van der Waals surface area contributed by atoms with Crippen LogP contribution < -0.4 is 0 Å². The average molecular weight is 347 g/mol. The Kier molecular flexibility index (Phi) is 5.10. The summed E-state index contributed by atoms with van der Waals surface area (Å²) in [6.07, 6.45) is 2.11. The molecule has 0 aliphatic heterocycles. The number of sulfone groups is 1. The van der Waals surface area contributed by atoms with Gasteiger partial charge in [-0.2, -0.15) is 0 Å². The summed E-state index contributed by atoms with van der Waals surface area (Å²) < 4.78 is 24.8. The predicted octanol–water partition coefficient (Wildman–Crippen LogP) is 2.67. The molecule has 7 nitrogen and oxygen atoms in total. The molecule has 0 aliphatic rings. The lowest BCUT2D eigenvalue weighted by Crippen LogP contribution is -2.07. The minimum Gasteiger partial charge on any atom is -0.478 e. The van der Waals surface area contributed by atoms with Crippen molar-refractivity contribution < 1.29 is 23.2 Å². The van der Waals surface area contributed by atoms with Crippen LogP contribution in [0.3, 0.4) is 0 Å². The van der Waals surface area contributed by atoms with E-state index in [0.717, 1.165) is 12.1 Å². The van der Waals surface area contributed by atoms with Crippen LogP contribution in [0.25, 0.3) is 6.08 Å². The van der Waals surface area contributed by atoms with Crippen molar-refractivity contribution in [2.75, 3.05) is 0 Å². The molecule has 124 valence electrons. The Morgan fingerprint density at radius 2 is 1.83 bits per heavy atom. The predicted molar refractivity (Wildman–Crippen MR) is 87.1 cm³/mol. The summed E-state index contributed by atoms with van der Waals surface area (Å²) >= 11 is 0. The minimum atomic E-state index is -3.76. The van der Waals surface area contributed by atoms with E-state index in [1.165, 1.54) is 30.3 Å². The Bertz CT molecular complexity index is 903. The maximum absolute atomic E-state index is 12.4. The van der Waals surface area contributed by atoms with Crippen LogP contribution >= 0.6 is 0 Å². The molecule has 24 heavy (non-hydrogen) atoms. The third-order valence-corrected chi connectivity index (χ3v) is 4.85. The maximum atomic E-state index is 12.4. The molecule has 8 heteroatoms. The number of rotatable bonds is 6. The molecule has 0 saturated heterocycles. The SMILES string of the molecule is O=C(O)C=Cc1ccc([N+](=O)[O-])c(CS(=O)(=O)c2ccccc2)c1. The van der Waals surface area contributed by atoms with Crippen molar-refractivity contribution in [2.24, 2.45) is 0 Å². The Morgan fingerprint density at radius 1 is 1.17 bits per heavy atom. The van der Waals surface area contributed by atoms with Gasteiger partial charge in [-0.25, -0.2) is 13.2 Å². The van der Waals surface area contributed by atoms with Crippen LogP contribution in [0.1, 0.15) is 11.1 Å². The van der Waals surface area contributed by atoms with E-state index in [4.69, 9.17) is 5.11 Å². The smallest absolute Gasteiger partial charge is 0.328 e. The molecule has 0 aliphatic carbocycles. The molecular weight excluding hydrogens is 334 g/mol. The highest BCUT2D eigenvalue weighted by Gasteiger charge is 2.22. The number of hydrogen-bond donors (Lipinski definition) is 1. The second-order valence-electron chi connectivity index (χ2n) is 4.89. The zero-order valence-electron chi connectivity index (χ0n) is 12.3. The Balaban J connectivity index is 2.45. The van der Waals surface area contributed by atoms with E-state index in [0.29, 0.717) is 5.56 Å². The number of carbonyl (C=O) groups is 1. The van der Waals surface area contributed by atoms with Crippen LogP contribution in [0, 0.1) is 10.1 Å². The van der Waals surface area contributed by atoms with Crippen LogP contribution in [-0.4, -0.2) is 24.4 Å². The molecule has 0 amide bonds. The minimum absolute atomic E-state index is 0.00334. The molecule has 2 aromatic rings. The molecule has 2 rings (SSSR count). The van der Waals surface area contributed by atoms with Crippen molar-refractivity contribution in [1.29, 1.82) is 0 Å². The van der Waals surface area contributed by atoms with Gasteiger partial charge in [0.1, 0.15) is 0 Å². The van der Waals surface area contributed by atoms with Crippen molar-refractivity contribution in [3.8, 4) is 0 Å². The van der Waals surface area contributed by atoms with Gasteiger partial charge in [0.2, 0.25) is 0 Å². The number of carboxylic acid groups (broad SMARTS) is 1.